The molecule has 0 amide bonds. The van der Waals surface area contributed by atoms with Crippen LogP contribution in [0.25, 0.3) is 0 Å². The van der Waals surface area contributed by atoms with E-state index < -0.39 is 0 Å². The summed E-state index contributed by atoms with van der Waals surface area (Å²) in [5.74, 6) is 1.33. The molecule has 1 aliphatic heterocycles. The van der Waals surface area contributed by atoms with E-state index in [9.17, 15) is 9.90 Å². The molecule has 2 N–H and O–H groups in total. The first-order valence-electron chi connectivity index (χ1n) is 9.32. The van der Waals surface area contributed by atoms with Crippen LogP contribution in [-0.4, -0.2) is 51.4 Å². The minimum atomic E-state index is -0.352. The lowest BCUT2D eigenvalue weighted by Crippen LogP contribution is -2.31. The third-order valence-electron chi connectivity index (χ3n) is 5.52. The molecule has 6 heteroatoms. The molecule has 28 heavy (non-hydrogen) atoms. The minimum absolute atomic E-state index is 0.0324. The Balaban J connectivity index is 1.90. The molecule has 0 bridgehead atoms. The number of carbonyl (C=O) groups excluding carboxylic acids is 1. The van der Waals surface area contributed by atoms with Gasteiger partial charge in [0.05, 0.1) is 27.4 Å². The summed E-state index contributed by atoms with van der Waals surface area (Å²) >= 11 is 0. The molecule has 2 aromatic carbocycles. The van der Waals surface area contributed by atoms with Gasteiger partial charge in [-0.15, -0.1) is 0 Å². The van der Waals surface area contributed by atoms with E-state index in [4.69, 9.17) is 14.2 Å². The highest BCUT2D eigenvalue weighted by atomic mass is 16.5. The van der Waals surface area contributed by atoms with Crippen LogP contribution >= 0.6 is 0 Å². The van der Waals surface area contributed by atoms with Crippen molar-refractivity contribution in [2.75, 3.05) is 34.5 Å². The third-order valence-corrected chi connectivity index (χ3v) is 5.52. The van der Waals surface area contributed by atoms with Crippen LogP contribution in [0.2, 0.25) is 0 Å². The normalized spacial score (nSPS) is 21.4. The van der Waals surface area contributed by atoms with Crippen LogP contribution in [0.1, 0.15) is 28.8 Å². The summed E-state index contributed by atoms with van der Waals surface area (Å²) in [5.41, 5.74) is 1.37. The lowest BCUT2D eigenvalue weighted by atomic mass is 9.75. The Bertz CT molecular complexity index is 798. The van der Waals surface area contributed by atoms with E-state index in [2.05, 4.69) is 17.4 Å². The van der Waals surface area contributed by atoms with Crippen molar-refractivity contribution in [1.29, 1.82) is 0 Å². The van der Waals surface area contributed by atoms with E-state index in [1.54, 1.807) is 12.1 Å². The average Bonchev–Trinajstić information content (AvgIpc) is 3.18. The summed E-state index contributed by atoms with van der Waals surface area (Å²) in [6.45, 7) is 0.708. The number of hydrogen-bond acceptors (Lipinski definition) is 6. The SMILES string of the molecule is COc1cc(C(=O)C2CC(CCO)(c3ccccc3)CN2)cc(OC)c1OC. The molecular formula is C22H27NO5. The zero-order chi connectivity index (χ0) is 20.1. The maximum Gasteiger partial charge on any atom is 0.203 e. The fourth-order valence-corrected chi connectivity index (χ4v) is 4.02. The third kappa shape index (κ3) is 3.70. The van der Waals surface area contributed by atoms with Gasteiger partial charge in [-0.2, -0.15) is 0 Å². The van der Waals surface area contributed by atoms with Gasteiger partial charge in [-0.25, -0.2) is 0 Å². The Morgan fingerprint density at radius 1 is 1.11 bits per heavy atom. The highest BCUT2D eigenvalue weighted by Gasteiger charge is 2.42. The number of methoxy groups -OCH3 is 3. The molecule has 150 valence electrons. The second kappa shape index (κ2) is 8.63. The number of aliphatic hydroxyl groups is 1. The van der Waals surface area contributed by atoms with Crippen molar-refractivity contribution < 1.29 is 24.1 Å². The van der Waals surface area contributed by atoms with E-state index in [0.717, 1.165) is 5.56 Å². The second-order valence-corrected chi connectivity index (χ2v) is 7.04. The topological polar surface area (TPSA) is 77.0 Å². The summed E-state index contributed by atoms with van der Waals surface area (Å²) in [4.78, 5) is 13.2. The quantitative estimate of drug-likeness (QED) is 0.680. The molecule has 0 spiro atoms. The van der Waals surface area contributed by atoms with Gasteiger partial charge in [0.25, 0.3) is 0 Å². The Hall–Kier alpha value is -2.57. The van der Waals surface area contributed by atoms with Gasteiger partial charge < -0.3 is 24.6 Å². The zero-order valence-corrected chi connectivity index (χ0v) is 16.5. The molecule has 1 heterocycles. The number of nitrogens with one attached hydrogen (secondary N) is 1. The van der Waals surface area contributed by atoms with E-state index in [-0.39, 0.29) is 23.8 Å². The lowest BCUT2D eigenvalue weighted by Gasteiger charge is -2.28. The molecule has 0 saturated carbocycles. The van der Waals surface area contributed by atoms with Crippen LogP contribution in [0, 0.1) is 0 Å². The van der Waals surface area contributed by atoms with E-state index in [1.807, 2.05) is 18.2 Å². The minimum Gasteiger partial charge on any atom is -0.493 e. The molecular weight excluding hydrogens is 358 g/mol. The van der Waals surface area contributed by atoms with Crippen LogP contribution in [0.4, 0.5) is 0 Å². The fourth-order valence-electron chi connectivity index (χ4n) is 4.02. The van der Waals surface area contributed by atoms with Gasteiger partial charge in [0, 0.05) is 24.1 Å². The molecule has 1 fully saturated rings. The molecule has 3 rings (SSSR count). The van der Waals surface area contributed by atoms with Gasteiger partial charge in [0.2, 0.25) is 5.75 Å². The largest absolute Gasteiger partial charge is 0.493 e. The first kappa shape index (κ1) is 20.2. The van der Waals surface area contributed by atoms with Crippen LogP contribution in [0.5, 0.6) is 17.2 Å². The van der Waals surface area contributed by atoms with Crippen molar-refractivity contribution >= 4 is 5.78 Å². The van der Waals surface area contributed by atoms with Gasteiger partial charge >= 0.3 is 0 Å². The molecule has 2 unspecified atom stereocenters. The van der Waals surface area contributed by atoms with Crippen molar-refractivity contribution in [2.45, 2.75) is 24.3 Å². The van der Waals surface area contributed by atoms with Crippen molar-refractivity contribution in [3.63, 3.8) is 0 Å². The van der Waals surface area contributed by atoms with Crippen LogP contribution in [0.15, 0.2) is 42.5 Å². The molecule has 0 aliphatic carbocycles. The summed E-state index contributed by atoms with van der Waals surface area (Å²) in [6, 6.07) is 13.1. The second-order valence-electron chi connectivity index (χ2n) is 7.04. The number of ether oxygens (including phenoxy) is 3. The van der Waals surface area contributed by atoms with E-state index in [0.29, 0.717) is 42.2 Å². The summed E-state index contributed by atoms with van der Waals surface area (Å²) in [7, 11) is 4.59. The highest BCUT2D eigenvalue weighted by Crippen LogP contribution is 2.40. The number of Topliss-reactive ketones (excluding diaryl/α,β-unsaturated/α-hetero) is 1. The van der Waals surface area contributed by atoms with E-state index in [1.165, 1.54) is 21.3 Å². The molecule has 2 atom stereocenters. The predicted octanol–water partition coefficient (Wildman–Crippen LogP) is 2.58. The smallest absolute Gasteiger partial charge is 0.203 e. The first-order chi connectivity index (χ1) is 13.6. The average molecular weight is 385 g/mol. The van der Waals surface area contributed by atoms with Crippen LogP contribution in [0.3, 0.4) is 0 Å². The number of aliphatic hydroxyl groups excluding tert-OH is 1. The van der Waals surface area contributed by atoms with Crippen molar-refractivity contribution in [2.24, 2.45) is 0 Å². The van der Waals surface area contributed by atoms with Gasteiger partial charge in [-0.1, -0.05) is 30.3 Å². The number of ketones is 1. The van der Waals surface area contributed by atoms with Crippen molar-refractivity contribution in [1.82, 2.24) is 5.32 Å². The van der Waals surface area contributed by atoms with Gasteiger partial charge in [-0.05, 0) is 30.5 Å². The summed E-state index contributed by atoms with van der Waals surface area (Å²) < 4.78 is 16.1. The standard InChI is InChI=1S/C22H27NO5/c1-26-18-11-15(12-19(27-2)21(18)28-3)20(25)17-13-22(9-10-24,14-23-17)16-7-5-4-6-8-16/h4-8,11-12,17,23-24H,9-10,13-14H2,1-3H3. The maximum absolute atomic E-state index is 13.2. The van der Waals surface area contributed by atoms with Crippen molar-refractivity contribution in [3.8, 4) is 17.2 Å². The Morgan fingerprint density at radius 2 is 1.75 bits per heavy atom. The zero-order valence-electron chi connectivity index (χ0n) is 16.5. The highest BCUT2D eigenvalue weighted by molar-refractivity contribution is 6.01. The fraction of sp³-hybridized carbons (Fsp3) is 0.409. The summed E-state index contributed by atoms with van der Waals surface area (Å²) in [6.07, 6.45) is 1.22. The molecule has 1 saturated heterocycles. The van der Waals surface area contributed by atoms with Crippen LogP contribution < -0.4 is 19.5 Å². The number of carbonyl (C=O) groups is 1. The molecule has 6 nitrogen and oxygen atoms in total. The lowest BCUT2D eigenvalue weighted by molar-refractivity contribution is 0.0947. The van der Waals surface area contributed by atoms with E-state index >= 15 is 0 Å². The molecule has 1 aliphatic rings. The van der Waals surface area contributed by atoms with Crippen molar-refractivity contribution in [3.05, 3.63) is 53.6 Å². The maximum atomic E-state index is 13.2. The number of rotatable bonds is 8. The van der Waals surface area contributed by atoms with Gasteiger partial charge in [0.1, 0.15) is 0 Å². The molecule has 0 radical (unpaired) electrons. The number of hydrogen-bond donors (Lipinski definition) is 2. The van der Waals surface area contributed by atoms with Gasteiger partial charge in [0.15, 0.2) is 17.3 Å². The Kier molecular flexibility index (Phi) is 6.21. The Morgan fingerprint density at radius 3 is 2.29 bits per heavy atom. The Labute approximate surface area is 165 Å². The van der Waals surface area contributed by atoms with Crippen LogP contribution in [-0.2, 0) is 5.41 Å². The number of benzene rings is 2. The molecule has 2 aromatic rings. The monoisotopic (exact) mass is 385 g/mol. The molecule has 0 aromatic heterocycles. The summed E-state index contributed by atoms with van der Waals surface area (Å²) in [5, 5.41) is 13.0. The first-order valence-corrected chi connectivity index (χ1v) is 9.32. The predicted molar refractivity (Wildman–Crippen MR) is 107 cm³/mol. The van der Waals surface area contributed by atoms with Gasteiger partial charge in [-0.3, -0.25) is 4.79 Å².